The molecule has 1 aliphatic rings. The van der Waals surface area contributed by atoms with E-state index in [1.807, 2.05) is 12.3 Å². The summed E-state index contributed by atoms with van der Waals surface area (Å²) in [7, 11) is 5.69. The molecule has 1 fully saturated rings. The van der Waals surface area contributed by atoms with E-state index in [9.17, 15) is 9.90 Å². The molecular formula is C27H36N4O4. The van der Waals surface area contributed by atoms with Crippen molar-refractivity contribution in [3.8, 4) is 11.1 Å². The second-order valence-electron chi connectivity index (χ2n) is 9.97. The van der Waals surface area contributed by atoms with Gasteiger partial charge in [-0.2, -0.15) is 0 Å². The zero-order chi connectivity index (χ0) is 25.0. The summed E-state index contributed by atoms with van der Waals surface area (Å²) in [6.45, 7) is 4.32. The SMILES string of the molecule is COCC(C)(O)CNC(=O)c1c[nH]c2ncc(-c3ccc(C4CCOCC4)c(CN(C)C)c3)cc12. The van der Waals surface area contributed by atoms with Crippen molar-refractivity contribution in [2.75, 3.05) is 47.6 Å². The third-order valence-corrected chi connectivity index (χ3v) is 6.48. The Bertz CT molecular complexity index is 1170. The number of H-pyrrole nitrogens is 1. The highest BCUT2D eigenvalue weighted by molar-refractivity contribution is 6.06. The zero-order valence-electron chi connectivity index (χ0n) is 21.1. The van der Waals surface area contributed by atoms with Gasteiger partial charge >= 0.3 is 0 Å². The lowest BCUT2D eigenvalue weighted by atomic mass is 9.86. The standard InChI is InChI=1S/C27H36N4O4/c1-27(33,17-34-4)16-30-26(32)24-14-29-25-23(24)12-20(13-28-25)19-5-6-22(18-7-9-35-10-8-18)21(11-19)15-31(2)3/h5-6,11-14,18,33H,7-10,15-17H2,1-4H3,(H,28,29)(H,30,32). The van der Waals surface area contributed by atoms with Gasteiger partial charge in [-0.05, 0) is 68.6 Å². The molecule has 2 aromatic heterocycles. The van der Waals surface area contributed by atoms with Gasteiger partial charge < -0.3 is 29.8 Å². The van der Waals surface area contributed by atoms with Crippen molar-refractivity contribution >= 4 is 16.9 Å². The van der Waals surface area contributed by atoms with Crippen molar-refractivity contribution in [1.82, 2.24) is 20.2 Å². The van der Waals surface area contributed by atoms with Crippen LogP contribution in [0.3, 0.4) is 0 Å². The monoisotopic (exact) mass is 480 g/mol. The number of benzene rings is 1. The van der Waals surface area contributed by atoms with Gasteiger partial charge in [0, 0.05) is 56.8 Å². The first-order valence-corrected chi connectivity index (χ1v) is 12.1. The largest absolute Gasteiger partial charge is 0.386 e. The quantitative estimate of drug-likeness (QED) is 0.435. The van der Waals surface area contributed by atoms with Crippen molar-refractivity contribution in [2.24, 2.45) is 0 Å². The highest BCUT2D eigenvalue weighted by Crippen LogP contribution is 2.33. The Morgan fingerprint density at radius 1 is 1.29 bits per heavy atom. The molecule has 1 unspecified atom stereocenters. The second-order valence-corrected chi connectivity index (χ2v) is 9.97. The molecule has 188 valence electrons. The van der Waals surface area contributed by atoms with Crippen molar-refractivity contribution in [2.45, 2.75) is 37.8 Å². The van der Waals surface area contributed by atoms with Crippen LogP contribution in [0.25, 0.3) is 22.2 Å². The fraction of sp³-hybridized carbons (Fsp3) is 0.481. The Hall–Kier alpha value is -2.78. The topological polar surface area (TPSA) is 99.7 Å². The number of pyridine rings is 1. The molecule has 8 heteroatoms. The summed E-state index contributed by atoms with van der Waals surface area (Å²) in [6.07, 6.45) is 5.60. The smallest absolute Gasteiger partial charge is 0.253 e. The summed E-state index contributed by atoms with van der Waals surface area (Å²) in [6, 6.07) is 8.66. The van der Waals surface area contributed by atoms with Crippen LogP contribution < -0.4 is 5.32 Å². The van der Waals surface area contributed by atoms with Crippen molar-refractivity contribution < 1.29 is 19.4 Å². The first-order chi connectivity index (χ1) is 16.8. The lowest BCUT2D eigenvalue weighted by molar-refractivity contribution is -0.0146. The Kier molecular flexibility index (Phi) is 7.86. The second kappa shape index (κ2) is 10.9. The minimum atomic E-state index is -1.14. The molecule has 3 aromatic rings. The molecule has 0 bridgehead atoms. The average molecular weight is 481 g/mol. The fourth-order valence-electron chi connectivity index (χ4n) is 4.75. The molecule has 0 saturated carbocycles. The molecule has 4 rings (SSSR count). The molecule has 1 saturated heterocycles. The highest BCUT2D eigenvalue weighted by atomic mass is 16.5. The van der Waals surface area contributed by atoms with Crippen LogP contribution in [0, 0.1) is 0 Å². The number of ether oxygens (including phenoxy) is 2. The lowest BCUT2D eigenvalue weighted by Gasteiger charge is -2.26. The number of fused-ring (bicyclic) bond motifs is 1. The van der Waals surface area contributed by atoms with E-state index >= 15 is 0 Å². The predicted molar refractivity (Wildman–Crippen MR) is 137 cm³/mol. The zero-order valence-corrected chi connectivity index (χ0v) is 21.1. The van der Waals surface area contributed by atoms with E-state index < -0.39 is 5.60 Å². The Labute approximate surface area is 206 Å². The number of carbonyl (C=O) groups is 1. The van der Waals surface area contributed by atoms with Gasteiger partial charge in [0.15, 0.2) is 0 Å². The summed E-state index contributed by atoms with van der Waals surface area (Å²) < 4.78 is 10.6. The molecule has 1 atom stereocenters. The minimum absolute atomic E-state index is 0.0844. The van der Waals surface area contributed by atoms with E-state index in [0.717, 1.165) is 49.1 Å². The van der Waals surface area contributed by atoms with Gasteiger partial charge in [-0.1, -0.05) is 12.1 Å². The number of nitrogens with zero attached hydrogens (tertiary/aromatic N) is 2. The van der Waals surface area contributed by atoms with Crippen LogP contribution in [-0.4, -0.2) is 79.1 Å². The van der Waals surface area contributed by atoms with Crippen molar-refractivity contribution in [3.05, 3.63) is 53.3 Å². The van der Waals surface area contributed by atoms with E-state index in [-0.39, 0.29) is 19.1 Å². The lowest BCUT2D eigenvalue weighted by Crippen LogP contribution is -2.43. The summed E-state index contributed by atoms with van der Waals surface area (Å²) in [4.78, 5) is 22.7. The summed E-state index contributed by atoms with van der Waals surface area (Å²) in [5.41, 5.74) is 4.73. The molecule has 3 N–H and O–H groups in total. The summed E-state index contributed by atoms with van der Waals surface area (Å²) >= 11 is 0. The molecule has 1 aliphatic heterocycles. The maximum atomic E-state index is 12.9. The van der Waals surface area contributed by atoms with Gasteiger partial charge in [-0.25, -0.2) is 4.98 Å². The third kappa shape index (κ3) is 6.08. The Morgan fingerprint density at radius 2 is 2.06 bits per heavy atom. The van der Waals surface area contributed by atoms with E-state index in [2.05, 4.69) is 52.5 Å². The molecular weight excluding hydrogens is 444 g/mol. The maximum Gasteiger partial charge on any atom is 0.253 e. The van der Waals surface area contributed by atoms with Gasteiger partial charge in [0.25, 0.3) is 5.91 Å². The molecule has 1 aromatic carbocycles. The molecule has 0 radical (unpaired) electrons. The van der Waals surface area contributed by atoms with Crippen LogP contribution in [-0.2, 0) is 16.0 Å². The van der Waals surface area contributed by atoms with Crippen LogP contribution in [0.2, 0.25) is 0 Å². The molecule has 0 aliphatic carbocycles. The van der Waals surface area contributed by atoms with Gasteiger partial charge in [0.1, 0.15) is 11.2 Å². The molecule has 8 nitrogen and oxygen atoms in total. The molecule has 3 heterocycles. The number of amides is 1. The summed E-state index contributed by atoms with van der Waals surface area (Å²) in [5.74, 6) is 0.249. The normalized spacial score (nSPS) is 16.5. The minimum Gasteiger partial charge on any atom is -0.386 e. The van der Waals surface area contributed by atoms with Crippen LogP contribution in [0.1, 0.15) is 47.2 Å². The summed E-state index contributed by atoms with van der Waals surface area (Å²) in [5, 5.41) is 13.8. The Balaban J connectivity index is 1.62. The van der Waals surface area contributed by atoms with Gasteiger partial charge in [-0.3, -0.25) is 4.79 Å². The number of aliphatic hydroxyl groups is 1. The fourth-order valence-corrected chi connectivity index (χ4v) is 4.75. The van der Waals surface area contributed by atoms with E-state index in [1.165, 1.54) is 18.2 Å². The van der Waals surface area contributed by atoms with Gasteiger partial charge in [0.05, 0.1) is 12.2 Å². The number of aromatic amines is 1. The average Bonchev–Trinajstić information content (AvgIpc) is 3.26. The number of carbonyl (C=O) groups excluding carboxylic acids is 1. The number of rotatable bonds is 9. The molecule has 1 amide bonds. The number of methoxy groups -OCH3 is 1. The first-order valence-electron chi connectivity index (χ1n) is 12.1. The van der Waals surface area contributed by atoms with E-state index in [1.54, 1.807) is 13.1 Å². The van der Waals surface area contributed by atoms with Crippen LogP contribution in [0.4, 0.5) is 0 Å². The van der Waals surface area contributed by atoms with E-state index in [0.29, 0.717) is 17.1 Å². The third-order valence-electron chi connectivity index (χ3n) is 6.48. The van der Waals surface area contributed by atoms with Crippen molar-refractivity contribution in [3.63, 3.8) is 0 Å². The number of aromatic nitrogens is 2. The molecule has 35 heavy (non-hydrogen) atoms. The van der Waals surface area contributed by atoms with Crippen LogP contribution in [0.15, 0.2) is 36.7 Å². The van der Waals surface area contributed by atoms with Crippen molar-refractivity contribution in [1.29, 1.82) is 0 Å². The van der Waals surface area contributed by atoms with Gasteiger partial charge in [-0.15, -0.1) is 0 Å². The van der Waals surface area contributed by atoms with Crippen LogP contribution in [0.5, 0.6) is 0 Å². The number of hydrogen-bond acceptors (Lipinski definition) is 6. The maximum absolute atomic E-state index is 12.9. The van der Waals surface area contributed by atoms with Crippen LogP contribution >= 0.6 is 0 Å². The van der Waals surface area contributed by atoms with E-state index in [4.69, 9.17) is 9.47 Å². The highest BCUT2D eigenvalue weighted by Gasteiger charge is 2.23. The predicted octanol–water partition coefficient (Wildman–Crippen LogP) is 3.31. The number of hydrogen-bond donors (Lipinski definition) is 3. The molecule has 0 spiro atoms. The van der Waals surface area contributed by atoms with Gasteiger partial charge in [0.2, 0.25) is 0 Å². The Morgan fingerprint density at radius 3 is 2.77 bits per heavy atom. The number of nitrogens with one attached hydrogen (secondary N) is 2. The first kappa shape index (κ1) is 25.3.